The molecule has 2 aromatic rings. The lowest BCUT2D eigenvalue weighted by atomic mass is 10.3. The van der Waals surface area contributed by atoms with Crippen LogP contribution in [0, 0.1) is 0 Å². The van der Waals surface area contributed by atoms with Crippen molar-refractivity contribution in [2.45, 2.75) is 6.42 Å². The third-order valence-electron chi connectivity index (χ3n) is 3.49. The Kier molecular flexibility index (Phi) is 4.94. The van der Waals surface area contributed by atoms with Gasteiger partial charge in [0.05, 0.1) is 19.2 Å². The third-order valence-corrected chi connectivity index (χ3v) is 3.49. The second kappa shape index (κ2) is 7.48. The van der Waals surface area contributed by atoms with E-state index in [0.29, 0.717) is 23.0 Å². The lowest BCUT2D eigenvalue weighted by Crippen LogP contribution is -2.33. The molecular formula is C18H17N3O4. The fourth-order valence-corrected chi connectivity index (χ4v) is 2.35. The Balaban J connectivity index is 1.59. The van der Waals surface area contributed by atoms with Crippen LogP contribution in [0.2, 0.25) is 0 Å². The van der Waals surface area contributed by atoms with Crippen molar-refractivity contribution in [3.63, 3.8) is 0 Å². The number of amides is 2. The van der Waals surface area contributed by atoms with Crippen LogP contribution in [0.3, 0.4) is 0 Å². The molecule has 1 aliphatic heterocycles. The molecule has 1 N–H and O–H groups in total. The average Bonchev–Trinajstić information content (AvgIpc) is 3.01. The van der Waals surface area contributed by atoms with Gasteiger partial charge in [-0.05, 0) is 24.3 Å². The van der Waals surface area contributed by atoms with Crippen LogP contribution in [0.15, 0.2) is 59.7 Å². The molecule has 0 spiro atoms. The predicted molar refractivity (Wildman–Crippen MR) is 92.6 cm³/mol. The van der Waals surface area contributed by atoms with Gasteiger partial charge in [0.2, 0.25) is 0 Å². The van der Waals surface area contributed by atoms with Gasteiger partial charge in [0.15, 0.2) is 18.1 Å². The minimum atomic E-state index is -0.396. The van der Waals surface area contributed by atoms with E-state index in [-0.39, 0.29) is 18.9 Å². The van der Waals surface area contributed by atoms with Crippen LogP contribution in [0.4, 0.5) is 5.69 Å². The van der Waals surface area contributed by atoms with Crippen molar-refractivity contribution < 1.29 is 19.1 Å². The molecule has 1 aliphatic rings. The van der Waals surface area contributed by atoms with E-state index in [1.165, 1.54) is 12.1 Å². The van der Waals surface area contributed by atoms with Gasteiger partial charge in [-0.15, -0.1) is 0 Å². The highest BCUT2D eigenvalue weighted by atomic mass is 16.5. The van der Waals surface area contributed by atoms with Gasteiger partial charge in [0.1, 0.15) is 5.84 Å². The van der Waals surface area contributed by atoms with Gasteiger partial charge in [-0.1, -0.05) is 30.3 Å². The Morgan fingerprint density at radius 2 is 1.80 bits per heavy atom. The van der Waals surface area contributed by atoms with Gasteiger partial charge >= 0.3 is 0 Å². The number of amidine groups is 1. The zero-order valence-corrected chi connectivity index (χ0v) is 13.6. The first kappa shape index (κ1) is 16.5. The molecular weight excluding hydrogens is 322 g/mol. The molecule has 128 valence electrons. The number of hydrogen-bond acceptors (Lipinski definition) is 5. The standard InChI is InChI=1S/C18H17N3O4/c1-24-14-9-5-6-10-15(14)25-12-17(22)19-16-11-18(23)21(20-16)13-7-3-2-4-8-13/h2-10H,11-12H2,1H3,(H,19,20,22). The number of carbonyl (C=O) groups is 2. The normalized spacial score (nSPS) is 13.4. The summed E-state index contributed by atoms with van der Waals surface area (Å²) in [7, 11) is 1.53. The minimum Gasteiger partial charge on any atom is -0.493 e. The zero-order chi connectivity index (χ0) is 17.6. The highest BCUT2D eigenvalue weighted by Crippen LogP contribution is 2.25. The first-order valence-electron chi connectivity index (χ1n) is 7.68. The number of nitrogens with zero attached hydrogens (tertiary/aromatic N) is 2. The van der Waals surface area contributed by atoms with E-state index in [4.69, 9.17) is 9.47 Å². The van der Waals surface area contributed by atoms with E-state index in [0.717, 1.165) is 0 Å². The number of methoxy groups -OCH3 is 1. The maximum Gasteiger partial charge on any atom is 0.263 e. The summed E-state index contributed by atoms with van der Waals surface area (Å²) in [6, 6.07) is 16.1. The van der Waals surface area contributed by atoms with Crippen molar-refractivity contribution in [3.8, 4) is 11.5 Å². The average molecular weight is 339 g/mol. The van der Waals surface area contributed by atoms with Gasteiger partial charge in [-0.3, -0.25) is 9.59 Å². The maximum atomic E-state index is 12.0. The second-order valence-corrected chi connectivity index (χ2v) is 5.25. The minimum absolute atomic E-state index is 0.0370. The molecule has 0 radical (unpaired) electrons. The number of anilines is 1. The summed E-state index contributed by atoms with van der Waals surface area (Å²) in [5.41, 5.74) is 0.655. The van der Waals surface area contributed by atoms with Crippen LogP contribution in [-0.2, 0) is 9.59 Å². The molecule has 0 bridgehead atoms. The van der Waals surface area contributed by atoms with E-state index in [9.17, 15) is 9.59 Å². The summed E-state index contributed by atoms with van der Waals surface area (Å²) in [6.45, 7) is -0.209. The molecule has 0 aliphatic carbocycles. The SMILES string of the molecule is COc1ccccc1OCC(=O)NC1=NN(c2ccccc2)C(=O)C1. The number of para-hydroxylation sites is 3. The number of ether oxygens (including phenoxy) is 2. The summed E-state index contributed by atoms with van der Waals surface area (Å²) in [5.74, 6) is 0.705. The summed E-state index contributed by atoms with van der Waals surface area (Å²) in [6.07, 6.45) is 0.0370. The molecule has 0 atom stereocenters. The maximum absolute atomic E-state index is 12.0. The molecule has 7 heteroatoms. The molecule has 7 nitrogen and oxygen atoms in total. The van der Waals surface area contributed by atoms with Crippen molar-refractivity contribution >= 4 is 23.3 Å². The highest BCUT2D eigenvalue weighted by Gasteiger charge is 2.26. The molecule has 0 saturated heterocycles. The first-order valence-corrected chi connectivity index (χ1v) is 7.68. The molecule has 2 amide bonds. The lowest BCUT2D eigenvalue weighted by molar-refractivity contribution is -0.121. The van der Waals surface area contributed by atoms with E-state index in [1.54, 1.807) is 30.3 Å². The van der Waals surface area contributed by atoms with Gasteiger partial charge in [-0.2, -0.15) is 10.1 Å². The number of nitrogens with one attached hydrogen (secondary N) is 1. The molecule has 2 aromatic carbocycles. The third kappa shape index (κ3) is 3.95. The van der Waals surface area contributed by atoms with Gasteiger partial charge in [-0.25, -0.2) is 0 Å². The lowest BCUT2D eigenvalue weighted by Gasteiger charge is -2.10. The summed E-state index contributed by atoms with van der Waals surface area (Å²) < 4.78 is 10.6. The van der Waals surface area contributed by atoms with Gasteiger partial charge < -0.3 is 14.8 Å². The molecule has 1 heterocycles. The highest BCUT2D eigenvalue weighted by molar-refractivity contribution is 6.15. The summed E-state index contributed by atoms with van der Waals surface area (Å²) in [4.78, 5) is 24.1. The van der Waals surface area contributed by atoms with Crippen LogP contribution in [-0.4, -0.2) is 31.4 Å². The Morgan fingerprint density at radius 1 is 1.12 bits per heavy atom. The first-order chi connectivity index (χ1) is 12.2. The number of carbonyl (C=O) groups excluding carboxylic acids is 2. The largest absolute Gasteiger partial charge is 0.493 e. The van der Waals surface area contributed by atoms with Gasteiger partial charge in [0, 0.05) is 0 Å². The molecule has 3 rings (SSSR count). The fourth-order valence-electron chi connectivity index (χ4n) is 2.35. The van der Waals surface area contributed by atoms with Crippen molar-refractivity contribution in [1.29, 1.82) is 0 Å². The molecule has 0 saturated carbocycles. The number of hydrazone groups is 1. The Labute approximate surface area is 144 Å². The summed E-state index contributed by atoms with van der Waals surface area (Å²) in [5, 5.41) is 8.03. The van der Waals surface area contributed by atoms with Crippen molar-refractivity contribution in [2.75, 3.05) is 18.7 Å². The van der Waals surface area contributed by atoms with Gasteiger partial charge in [0.25, 0.3) is 11.8 Å². The van der Waals surface area contributed by atoms with Crippen LogP contribution < -0.4 is 19.8 Å². The topological polar surface area (TPSA) is 80.2 Å². The van der Waals surface area contributed by atoms with Crippen LogP contribution in [0.25, 0.3) is 0 Å². The Hall–Kier alpha value is -3.35. The fraction of sp³-hybridized carbons (Fsp3) is 0.167. The van der Waals surface area contributed by atoms with Crippen molar-refractivity contribution in [2.24, 2.45) is 5.10 Å². The Bertz CT molecular complexity index is 805. The molecule has 0 fully saturated rings. The van der Waals surface area contributed by atoms with E-state index in [1.807, 2.05) is 24.3 Å². The Morgan fingerprint density at radius 3 is 2.52 bits per heavy atom. The molecule has 25 heavy (non-hydrogen) atoms. The quantitative estimate of drug-likeness (QED) is 0.903. The smallest absolute Gasteiger partial charge is 0.263 e. The number of benzene rings is 2. The number of rotatable bonds is 5. The monoisotopic (exact) mass is 339 g/mol. The van der Waals surface area contributed by atoms with Crippen LogP contribution in [0.5, 0.6) is 11.5 Å². The van der Waals surface area contributed by atoms with Crippen LogP contribution >= 0.6 is 0 Å². The van der Waals surface area contributed by atoms with E-state index >= 15 is 0 Å². The van der Waals surface area contributed by atoms with E-state index < -0.39 is 5.91 Å². The predicted octanol–water partition coefficient (Wildman–Crippen LogP) is 1.94. The second-order valence-electron chi connectivity index (χ2n) is 5.25. The molecule has 0 unspecified atom stereocenters. The summed E-state index contributed by atoms with van der Waals surface area (Å²) >= 11 is 0. The molecule has 0 aromatic heterocycles. The van der Waals surface area contributed by atoms with E-state index in [2.05, 4.69) is 10.4 Å². The number of hydrogen-bond donors (Lipinski definition) is 1. The van der Waals surface area contributed by atoms with Crippen molar-refractivity contribution in [3.05, 3.63) is 54.6 Å². The van der Waals surface area contributed by atoms with Crippen molar-refractivity contribution in [1.82, 2.24) is 5.32 Å². The zero-order valence-electron chi connectivity index (χ0n) is 13.6. The van der Waals surface area contributed by atoms with Crippen LogP contribution in [0.1, 0.15) is 6.42 Å².